The van der Waals surface area contributed by atoms with E-state index in [0.29, 0.717) is 17.9 Å². The van der Waals surface area contributed by atoms with Gasteiger partial charge in [0, 0.05) is 18.5 Å². The highest BCUT2D eigenvalue weighted by molar-refractivity contribution is 5.77. The van der Waals surface area contributed by atoms with Gasteiger partial charge in [0.15, 0.2) is 0 Å². The highest BCUT2D eigenvalue weighted by Crippen LogP contribution is 2.41. The van der Waals surface area contributed by atoms with Crippen molar-refractivity contribution in [1.29, 1.82) is 0 Å². The van der Waals surface area contributed by atoms with Crippen molar-refractivity contribution < 1.29 is 0 Å². The molecule has 1 N–H and O–H groups in total. The van der Waals surface area contributed by atoms with Gasteiger partial charge >= 0.3 is 0 Å². The van der Waals surface area contributed by atoms with Crippen LogP contribution in [0.4, 0.5) is 0 Å². The minimum atomic E-state index is 0.577. The zero-order valence-electron chi connectivity index (χ0n) is 11.7. The predicted molar refractivity (Wildman–Crippen MR) is 77.5 cm³/mol. The maximum Gasteiger partial charge on any atom is 0.114 e. The number of aryl methyl sites for hydroxylation is 1. The van der Waals surface area contributed by atoms with Crippen molar-refractivity contribution in [2.45, 2.75) is 38.6 Å². The number of benzene rings is 1. The average molecular weight is 255 g/mol. The number of hydrogen-bond acceptors (Lipinski definition) is 2. The minimum absolute atomic E-state index is 0.577. The molecule has 1 aromatic carbocycles. The summed E-state index contributed by atoms with van der Waals surface area (Å²) in [4.78, 5) is 4.99. The average Bonchev–Trinajstić information content (AvgIpc) is 3.03. The number of nitrogens with one attached hydrogen (secondary N) is 1. The van der Waals surface area contributed by atoms with Crippen LogP contribution in [0.15, 0.2) is 18.2 Å². The van der Waals surface area contributed by atoms with Crippen molar-refractivity contribution in [2.75, 3.05) is 13.1 Å². The Morgan fingerprint density at radius 1 is 1.26 bits per heavy atom. The van der Waals surface area contributed by atoms with Crippen LogP contribution < -0.4 is 5.32 Å². The molecule has 1 aliphatic heterocycles. The van der Waals surface area contributed by atoms with Crippen molar-refractivity contribution in [3.05, 3.63) is 29.6 Å². The van der Waals surface area contributed by atoms with E-state index in [-0.39, 0.29) is 0 Å². The lowest BCUT2D eigenvalue weighted by molar-refractivity contribution is 0.519. The fraction of sp³-hybridized carbons (Fsp3) is 0.562. The molecular formula is C16H21N3. The first-order valence-electron chi connectivity index (χ1n) is 7.43. The molecule has 19 heavy (non-hydrogen) atoms. The van der Waals surface area contributed by atoms with E-state index in [4.69, 9.17) is 4.98 Å². The van der Waals surface area contributed by atoms with Gasteiger partial charge in [-0.3, -0.25) is 0 Å². The summed E-state index contributed by atoms with van der Waals surface area (Å²) in [5.41, 5.74) is 3.82. The molecule has 1 saturated heterocycles. The van der Waals surface area contributed by atoms with E-state index in [1.54, 1.807) is 0 Å². The first kappa shape index (κ1) is 11.5. The monoisotopic (exact) mass is 255 g/mol. The Morgan fingerprint density at radius 2 is 2.11 bits per heavy atom. The van der Waals surface area contributed by atoms with Crippen molar-refractivity contribution >= 4 is 11.0 Å². The molecule has 0 radical (unpaired) electrons. The zero-order chi connectivity index (χ0) is 13.0. The van der Waals surface area contributed by atoms with Crippen molar-refractivity contribution in [3.63, 3.8) is 0 Å². The van der Waals surface area contributed by atoms with E-state index in [1.807, 2.05) is 0 Å². The number of fused-ring (bicyclic) bond motifs is 1. The quantitative estimate of drug-likeness (QED) is 0.894. The molecule has 0 spiro atoms. The molecule has 1 saturated carbocycles. The summed E-state index contributed by atoms with van der Waals surface area (Å²) < 4.78 is 2.53. The largest absolute Gasteiger partial charge is 0.325 e. The molecule has 2 heterocycles. The molecule has 100 valence electrons. The lowest BCUT2D eigenvalue weighted by Gasteiger charge is -2.16. The molecule has 0 bridgehead atoms. The van der Waals surface area contributed by atoms with Crippen LogP contribution in [0.5, 0.6) is 0 Å². The first-order chi connectivity index (χ1) is 9.24. The van der Waals surface area contributed by atoms with Crippen LogP contribution in [0.25, 0.3) is 11.0 Å². The molecule has 2 aliphatic rings. The second-order valence-electron chi connectivity index (χ2n) is 6.31. The van der Waals surface area contributed by atoms with E-state index >= 15 is 0 Å². The van der Waals surface area contributed by atoms with Crippen molar-refractivity contribution in [1.82, 2.24) is 14.9 Å². The first-order valence-corrected chi connectivity index (χ1v) is 7.43. The normalized spacial score (nSPS) is 27.3. The fourth-order valence-electron chi connectivity index (χ4n) is 3.36. The highest BCUT2D eigenvalue weighted by atomic mass is 15.1. The standard InChI is InChI=1S/C16H21N3/c1-10-3-6-15-14(7-10)18-16(19(15)12-4-5-12)13-9-17-8-11(13)2/h3,6-7,11-13,17H,4-5,8-9H2,1-2H3/t11-,13-/m1/s1. The summed E-state index contributed by atoms with van der Waals surface area (Å²) >= 11 is 0. The molecule has 2 fully saturated rings. The number of imidazole rings is 1. The van der Waals surface area contributed by atoms with Crippen LogP contribution in [0.2, 0.25) is 0 Å². The number of aromatic nitrogens is 2. The smallest absolute Gasteiger partial charge is 0.114 e. The Labute approximate surface area is 114 Å². The lowest BCUT2D eigenvalue weighted by atomic mass is 9.97. The molecule has 2 atom stereocenters. The second kappa shape index (κ2) is 4.07. The van der Waals surface area contributed by atoms with Gasteiger partial charge in [0.2, 0.25) is 0 Å². The van der Waals surface area contributed by atoms with Crippen LogP contribution >= 0.6 is 0 Å². The van der Waals surface area contributed by atoms with E-state index in [0.717, 1.165) is 13.1 Å². The van der Waals surface area contributed by atoms with Crippen molar-refractivity contribution in [3.8, 4) is 0 Å². The van der Waals surface area contributed by atoms with Crippen LogP contribution in [0, 0.1) is 12.8 Å². The second-order valence-corrected chi connectivity index (χ2v) is 6.31. The Bertz CT molecular complexity index is 624. The summed E-state index contributed by atoms with van der Waals surface area (Å²) in [6.07, 6.45) is 2.64. The molecule has 1 aliphatic carbocycles. The Hall–Kier alpha value is -1.35. The molecule has 4 rings (SSSR count). The van der Waals surface area contributed by atoms with Gasteiger partial charge in [-0.1, -0.05) is 13.0 Å². The summed E-state index contributed by atoms with van der Waals surface area (Å²) in [5, 5.41) is 3.51. The third kappa shape index (κ3) is 1.79. The van der Waals surface area contributed by atoms with Gasteiger partial charge in [-0.2, -0.15) is 0 Å². The molecule has 3 heteroatoms. The van der Waals surface area contributed by atoms with E-state index in [1.165, 1.54) is 35.3 Å². The Morgan fingerprint density at radius 3 is 2.79 bits per heavy atom. The third-order valence-corrected chi connectivity index (χ3v) is 4.63. The summed E-state index contributed by atoms with van der Waals surface area (Å²) in [5.74, 6) is 2.59. The Balaban J connectivity index is 1.91. The van der Waals surface area contributed by atoms with Gasteiger partial charge in [0.05, 0.1) is 11.0 Å². The van der Waals surface area contributed by atoms with Crippen LogP contribution in [-0.2, 0) is 0 Å². The maximum absolute atomic E-state index is 4.99. The third-order valence-electron chi connectivity index (χ3n) is 4.63. The summed E-state index contributed by atoms with van der Waals surface area (Å²) in [7, 11) is 0. The lowest BCUT2D eigenvalue weighted by Crippen LogP contribution is -2.14. The molecule has 0 unspecified atom stereocenters. The summed E-state index contributed by atoms with van der Waals surface area (Å²) in [6, 6.07) is 7.40. The van der Waals surface area contributed by atoms with E-state index in [9.17, 15) is 0 Å². The number of nitrogens with zero attached hydrogens (tertiary/aromatic N) is 2. The highest BCUT2D eigenvalue weighted by Gasteiger charge is 2.34. The number of hydrogen-bond donors (Lipinski definition) is 1. The zero-order valence-corrected chi connectivity index (χ0v) is 11.7. The van der Waals surface area contributed by atoms with Gasteiger partial charge in [-0.05, 0) is 49.9 Å². The van der Waals surface area contributed by atoms with Gasteiger partial charge in [0.1, 0.15) is 5.82 Å². The van der Waals surface area contributed by atoms with E-state index in [2.05, 4.69) is 41.9 Å². The molecular weight excluding hydrogens is 234 g/mol. The van der Waals surface area contributed by atoms with Crippen LogP contribution in [0.1, 0.15) is 43.1 Å². The van der Waals surface area contributed by atoms with Crippen LogP contribution in [0.3, 0.4) is 0 Å². The van der Waals surface area contributed by atoms with Gasteiger partial charge < -0.3 is 9.88 Å². The molecule has 0 amide bonds. The molecule has 1 aromatic heterocycles. The van der Waals surface area contributed by atoms with Gasteiger partial charge in [-0.15, -0.1) is 0 Å². The van der Waals surface area contributed by atoms with Gasteiger partial charge in [0.25, 0.3) is 0 Å². The Kier molecular flexibility index (Phi) is 2.46. The predicted octanol–water partition coefficient (Wildman–Crippen LogP) is 3.00. The summed E-state index contributed by atoms with van der Waals surface area (Å²) in [6.45, 7) is 6.69. The maximum atomic E-state index is 4.99. The molecule has 2 aromatic rings. The van der Waals surface area contributed by atoms with Crippen molar-refractivity contribution in [2.24, 2.45) is 5.92 Å². The number of rotatable bonds is 2. The molecule has 3 nitrogen and oxygen atoms in total. The fourth-order valence-corrected chi connectivity index (χ4v) is 3.36. The topological polar surface area (TPSA) is 29.9 Å². The SMILES string of the molecule is Cc1ccc2c(c1)nc([C@@H]1CNC[C@H]1C)n2C1CC1. The minimum Gasteiger partial charge on any atom is -0.325 e. The van der Waals surface area contributed by atoms with Crippen LogP contribution in [-0.4, -0.2) is 22.6 Å². The van der Waals surface area contributed by atoms with Gasteiger partial charge in [-0.25, -0.2) is 4.98 Å². The van der Waals surface area contributed by atoms with E-state index < -0.39 is 0 Å².